The van der Waals surface area contributed by atoms with Gasteiger partial charge in [0.15, 0.2) is 0 Å². The Hall–Kier alpha value is 0.0400. The highest BCUT2D eigenvalue weighted by atomic mass is 79.9. The maximum atomic E-state index is 12.5. The normalized spacial score (nSPS) is 18.6. The van der Waals surface area contributed by atoms with E-state index in [1.54, 1.807) is 12.1 Å². The zero-order valence-corrected chi connectivity index (χ0v) is 14.6. The Morgan fingerprint density at radius 1 is 1.21 bits per heavy atom. The van der Waals surface area contributed by atoms with Crippen LogP contribution in [0.15, 0.2) is 26.0 Å². The minimum atomic E-state index is -3.66. The van der Waals surface area contributed by atoms with Crippen molar-refractivity contribution in [1.82, 2.24) is 4.31 Å². The fourth-order valence-corrected chi connectivity index (χ4v) is 6.58. The van der Waals surface area contributed by atoms with Crippen LogP contribution in [0, 0.1) is 0 Å². The van der Waals surface area contributed by atoms with Crippen molar-refractivity contribution in [2.45, 2.75) is 4.90 Å². The molecule has 106 valence electrons. The maximum absolute atomic E-state index is 12.5. The number of hydrogen-bond acceptors (Lipinski definition) is 4. The Kier molecular flexibility index (Phi) is 4.71. The van der Waals surface area contributed by atoms with Gasteiger partial charge in [0.05, 0.1) is 5.69 Å². The van der Waals surface area contributed by atoms with Gasteiger partial charge in [-0.05, 0) is 28.1 Å². The van der Waals surface area contributed by atoms with Crippen LogP contribution in [0.1, 0.15) is 0 Å². The number of nitrogens with two attached hydrogens (primary N) is 1. The first-order valence-corrected chi connectivity index (χ1v) is 9.93. The van der Waals surface area contributed by atoms with E-state index in [-0.39, 0.29) is 23.7 Å². The van der Waals surface area contributed by atoms with Crippen LogP contribution in [0.3, 0.4) is 0 Å². The van der Waals surface area contributed by atoms with Gasteiger partial charge in [-0.15, -0.1) is 0 Å². The summed E-state index contributed by atoms with van der Waals surface area (Å²) >= 11 is 6.50. The van der Waals surface area contributed by atoms with Gasteiger partial charge in [0.25, 0.3) is 0 Å². The van der Waals surface area contributed by atoms with Gasteiger partial charge in [-0.2, -0.15) is 4.31 Å². The van der Waals surface area contributed by atoms with E-state index < -0.39 is 20.8 Å². The van der Waals surface area contributed by atoms with E-state index in [1.807, 2.05) is 0 Å². The van der Waals surface area contributed by atoms with Crippen molar-refractivity contribution in [3.8, 4) is 0 Å². The summed E-state index contributed by atoms with van der Waals surface area (Å²) in [6, 6.07) is 3.20. The lowest BCUT2D eigenvalue weighted by Crippen LogP contribution is -2.42. The predicted molar refractivity (Wildman–Crippen MR) is 82.9 cm³/mol. The molecule has 0 unspecified atom stereocenters. The number of benzene rings is 1. The van der Waals surface area contributed by atoms with E-state index in [9.17, 15) is 12.6 Å². The summed E-state index contributed by atoms with van der Waals surface area (Å²) in [6.45, 7) is 0.522. The van der Waals surface area contributed by atoms with Crippen LogP contribution < -0.4 is 5.73 Å². The molecule has 19 heavy (non-hydrogen) atoms. The highest BCUT2D eigenvalue weighted by Crippen LogP contribution is 2.33. The maximum Gasteiger partial charge on any atom is 0.246 e. The fourth-order valence-electron chi connectivity index (χ4n) is 1.84. The van der Waals surface area contributed by atoms with Gasteiger partial charge >= 0.3 is 0 Å². The smallest absolute Gasteiger partial charge is 0.246 e. The van der Waals surface area contributed by atoms with Crippen molar-refractivity contribution in [3.05, 3.63) is 21.1 Å². The molecular formula is C10H12Br2N2O3S2. The van der Waals surface area contributed by atoms with Gasteiger partial charge < -0.3 is 5.73 Å². The van der Waals surface area contributed by atoms with Gasteiger partial charge in [-0.1, -0.05) is 15.9 Å². The SMILES string of the molecule is Nc1cc(Br)cc(Br)c1S(=O)(=O)N1CCS(=O)CC1. The second-order valence-corrected chi connectivity index (χ2v) is 9.40. The van der Waals surface area contributed by atoms with Gasteiger partial charge in [0, 0.05) is 44.3 Å². The van der Waals surface area contributed by atoms with Crippen molar-refractivity contribution in [2.24, 2.45) is 0 Å². The Morgan fingerprint density at radius 2 is 1.79 bits per heavy atom. The minimum absolute atomic E-state index is 0.0726. The van der Waals surface area contributed by atoms with Crippen molar-refractivity contribution in [1.29, 1.82) is 0 Å². The molecule has 0 aliphatic carbocycles. The fraction of sp³-hybridized carbons (Fsp3) is 0.400. The van der Waals surface area contributed by atoms with Crippen LogP contribution in [0.25, 0.3) is 0 Å². The molecule has 1 fully saturated rings. The van der Waals surface area contributed by atoms with Crippen LogP contribution in [0.2, 0.25) is 0 Å². The molecule has 1 heterocycles. The van der Waals surface area contributed by atoms with Crippen molar-refractivity contribution < 1.29 is 12.6 Å². The van der Waals surface area contributed by atoms with Gasteiger partial charge in [0.2, 0.25) is 10.0 Å². The second kappa shape index (κ2) is 5.80. The van der Waals surface area contributed by atoms with Crippen molar-refractivity contribution in [3.63, 3.8) is 0 Å². The standard InChI is InChI=1S/C10H12Br2N2O3S2/c11-7-5-8(12)10(9(13)6-7)19(16,17)14-1-3-18(15)4-2-14/h5-6H,1-4,13H2. The third-order valence-electron chi connectivity index (χ3n) is 2.77. The predicted octanol–water partition coefficient (Wildman–Crippen LogP) is 1.55. The molecule has 5 nitrogen and oxygen atoms in total. The zero-order chi connectivity index (χ0) is 14.2. The molecule has 0 saturated carbocycles. The lowest BCUT2D eigenvalue weighted by Gasteiger charge is -2.26. The zero-order valence-electron chi connectivity index (χ0n) is 9.80. The van der Waals surface area contributed by atoms with Gasteiger partial charge in [-0.25, -0.2) is 8.42 Å². The number of nitrogen functional groups attached to an aromatic ring is 1. The summed E-state index contributed by atoms with van der Waals surface area (Å²) in [5, 5.41) is 0. The molecule has 2 rings (SSSR count). The van der Waals surface area contributed by atoms with Crippen LogP contribution in [0.4, 0.5) is 5.69 Å². The molecule has 0 spiro atoms. The number of sulfonamides is 1. The number of halogens is 2. The second-order valence-electron chi connectivity index (χ2n) is 4.06. The summed E-state index contributed by atoms with van der Waals surface area (Å²) in [6.07, 6.45) is 0. The lowest BCUT2D eigenvalue weighted by atomic mass is 10.3. The molecule has 0 atom stereocenters. The third-order valence-corrected chi connectivity index (χ3v) is 7.41. The Morgan fingerprint density at radius 3 is 2.32 bits per heavy atom. The summed E-state index contributed by atoms with van der Waals surface area (Å²) in [7, 11) is -4.58. The first-order chi connectivity index (χ1) is 8.82. The molecule has 0 amide bonds. The lowest BCUT2D eigenvalue weighted by molar-refractivity contribution is 0.438. The van der Waals surface area contributed by atoms with E-state index in [1.165, 1.54) is 4.31 Å². The summed E-state index contributed by atoms with van der Waals surface area (Å²) < 4.78 is 38.9. The molecule has 9 heteroatoms. The molecule has 0 aromatic heterocycles. The summed E-state index contributed by atoms with van der Waals surface area (Å²) in [5.74, 6) is 0.737. The molecule has 1 saturated heterocycles. The monoisotopic (exact) mass is 430 g/mol. The number of nitrogens with zero attached hydrogens (tertiary/aromatic N) is 1. The van der Waals surface area contributed by atoms with E-state index >= 15 is 0 Å². The number of hydrogen-bond donors (Lipinski definition) is 1. The minimum Gasteiger partial charge on any atom is -0.398 e. The van der Waals surface area contributed by atoms with Gasteiger partial charge in [-0.3, -0.25) is 4.21 Å². The highest BCUT2D eigenvalue weighted by molar-refractivity contribution is 9.11. The molecular weight excluding hydrogens is 420 g/mol. The van der Waals surface area contributed by atoms with Crippen LogP contribution in [-0.4, -0.2) is 41.5 Å². The molecule has 1 aliphatic rings. The number of anilines is 1. The Bertz CT molecular complexity index is 601. The van der Waals surface area contributed by atoms with Gasteiger partial charge in [0.1, 0.15) is 4.90 Å². The van der Waals surface area contributed by atoms with E-state index in [2.05, 4.69) is 31.9 Å². The first kappa shape index (κ1) is 15.4. The molecule has 1 aromatic rings. The Labute approximate surface area is 131 Å². The van der Waals surface area contributed by atoms with Crippen molar-refractivity contribution >= 4 is 58.4 Å². The van der Waals surface area contributed by atoms with Crippen molar-refractivity contribution in [2.75, 3.05) is 30.3 Å². The van der Waals surface area contributed by atoms with Crippen LogP contribution >= 0.6 is 31.9 Å². The third kappa shape index (κ3) is 3.21. The number of rotatable bonds is 2. The van der Waals surface area contributed by atoms with Crippen LogP contribution in [-0.2, 0) is 20.8 Å². The molecule has 1 aliphatic heterocycles. The largest absolute Gasteiger partial charge is 0.398 e. The molecule has 2 N–H and O–H groups in total. The first-order valence-electron chi connectivity index (χ1n) is 5.42. The van der Waals surface area contributed by atoms with Crippen LogP contribution in [0.5, 0.6) is 0 Å². The quantitative estimate of drug-likeness (QED) is 0.720. The van der Waals surface area contributed by atoms with E-state index in [0.29, 0.717) is 20.5 Å². The average Bonchev–Trinajstić information content (AvgIpc) is 2.27. The van der Waals surface area contributed by atoms with E-state index in [4.69, 9.17) is 5.73 Å². The van der Waals surface area contributed by atoms with E-state index in [0.717, 1.165) is 0 Å². The molecule has 0 radical (unpaired) electrons. The average molecular weight is 432 g/mol. The topological polar surface area (TPSA) is 80.5 Å². The molecule has 1 aromatic carbocycles. The molecule has 0 bridgehead atoms. The summed E-state index contributed by atoms with van der Waals surface area (Å²) in [4.78, 5) is 0.0726. The Balaban J connectivity index is 2.43. The highest BCUT2D eigenvalue weighted by Gasteiger charge is 2.31. The summed E-state index contributed by atoms with van der Waals surface area (Å²) in [5.41, 5.74) is 6.00.